The molecule has 2 rings (SSSR count). The van der Waals surface area contributed by atoms with Crippen LogP contribution in [0.3, 0.4) is 0 Å². The van der Waals surface area contributed by atoms with Crippen molar-refractivity contribution in [2.45, 2.75) is 23.8 Å². The van der Waals surface area contributed by atoms with Gasteiger partial charge in [0.2, 0.25) is 10.0 Å². The van der Waals surface area contributed by atoms with Crippen molar-refractivity contribution in [1.82, 2.24) is 4.72 Å². The van der Waals surface area contributed by atoms with Crippen molar-refractivity contribution in [2.75, 3.05) is 7.11 Å². The minimum Gasteiger partial charge on any atom is -0.497 e. The summed E-state index contributed by atoms with van der Waals surface area (Å²) in [6.07, 6.45) is 1.81. The number of ether oxygens (including phenoxy) is 1. The van der Waals surface area contributed by atoms with Gasteiger partial charge in [-0.15, -0.1) is 0 Å². The van der Waals surface area contributed by atoms with Gasteiger partial charge in [-0.25, -0.2) is 8.42 Å². The smallest absolute Gasteiger partial charge is 0.241 e. The molecule has 0 aromatic heterocycles. The monoisotopic (exact) mass is 266 g/mol. The predicted molar refractivity (Wildman–Crippen MR) is 65.4 cm³/mol. The summed E-state index contributed by atoms with van der Waals surface area (Å²) in [7, 11) is -2.12. The number of sulfonamides is 1. The average molecular weight is 266 g/mol. The Morgan fingerprint density at radius 3 is 2.44 bits per heavy atom. The molecule has 1 N–H and O–H groups in total. The number of methoxy groups -OCH3 is 1. The first-order valence-electron chi connectivity index (χ1n) is 5.63. The fourth-order valence-corrected chi connectivity index (χ4v) is 2.86. The quantitative estimate of drug-likeness (QED) is 0.870. The number of nitrogens with zero attached hydrogens (tertiary/aromatic N) is 1. The molecule has 0 aliphatic heterocycles. The molecule has 18 heavy (non-hydrogen) atoms. The van der Waals surface area contributed by atoms with Crippen molar-refractivity contribution in [1.29, 1.82) is 5.26 Å². The van der Waals surface area contributed by atoms with E-state index in [-0.39, 0.29) is 10.8 Å². The van der Waals surface area contributed by atoms with Crippen LogP contribution in [0.2, 0.25) is 0 Å². The average Bonchev–Trinajstić information content (AvgIpc) is 3.20. The molecule has 1 saturated carbocycles. The highest BCUT2D eigenvalue weighted by atomic mass is 32.2. The first-order chi connectivity index (χ1) is 8.56. The maximum Gasteiger partial charge on any atom is 0.241 e. The molecule has 0 amide bonds. The van der Waals surface area contributed by atoms with Gasteiger partial charge >= 0.3 is 0 Å². The summed E-state index contributed by atoms with van der Waals surface area (Å²) >= 11 is 0. The Bertz CT molecular complexity index is 556. The molecule has 0 bridgehead atoms. The summed E-state index contributed by atoms with van der Waals surface area (Å²) in [6, 6.07) is 7.44. The van der Waals surface area contributed by atoms with Gasteiger partial charge in [-0.2, -0.15) is 9.98 Å². The second kappa shape index (κ2) is 4.96. The maximum atomic E-state index is 12.0. The van der Waals surface area contributed by atoms with Gasteiger partial charge in [-0.1, -0.05) is 0 Å². The van der Waals surface area contributed by atoms with Crippen LogP contribution in [0.4, 0.5) is 0 Å². The Morgan fingerprint density at radius 2 is 2.00 bits per heavy atom. The Balaban J connectivity index is 2.16. The number of benzene rings is 1. The number of hydrogen-bond acceptors (Lipinski definition) is 4. The molecule has 0 radical (unpaired) electrons. The molecule has 0 saturated heterocycles. The lowest BCUT2D eigenvalue weighted by Gasteiger charge is -2.11. The summed E-state index contributed by atoms with van der Waals surface area (Å²) < 4.78 is 31.5. The topological polar surface area (TPSA) is 79.2 Å². The van der Waals surface area contributed by atoms with Crippen molar-refractivity contribution in [2.24, 2.45) is 5.92 Å². The van der Waals surface area contributed by atoms with Crippen LogP contribution in [-0.2, 0) is 10.0 Å². The zero-order valence-electron chi connectivity index (χ0n) is 9.96. The van der Waals surface area contributed by atoms with Crippen molar-refractivity contribution >= 4 is 10.0 Å². The Labute approximate surface area is 106 Å². The van der Waals surface area contributed by atoms with E-state index in [1.807, 2.05) is 6.07 Å². The van der Waals surface area contributed by atoms with Gasteiger partial charge in [0.05, 0.1) is 18.1 Å². The van der Waals surface area contributed by atoms with Gasteiger partial charge in [-0.05, 0) is 43.0 Å². The zero-order chi connectivity index (χ0) is 13.2. The standard InChI is InChI=1S/C12H14N2O3S/c1-17-10-4-6-11(7-5-10)18(15,16)14-12(8-13)9-2-3-9/h4-7,9,12,14H,2-3H2,1H3. The number of hydrogen-bond donors (Lipinski definition) is 1. The summed E-state index contributed by atoms with van der Waals surface area (Å²) in [5.74, 6) is 0.746. The van der Waals surface area contributed by atoms with Crippen LogP contribution in [0.1, 0.15) is 12.8 Å². The first kappa shape index (κ1) is 12.9. The van der Waals surface area contributed by atoms with Crippen molar-refractivity contribution in [3.8, 4) is 11.8 Å². The Morgan fingerprint density at radius 1 is 1.39 bits per heavy atom. The van der Waals surface area contributed by atoms with Crippen molar-refractivity contribution < 1.29 is 13.2 Å². The van der Waals surface area contributed by atoms with E-state index in [1.54, 1.807) is 12.1 Å². The highest BCUT2D eigenvalue weighted by molar-refractivity contribution is 7.89. The number of rotatable bonds is 5. The molecule has 0 spiro atoms. The van der Waals surface area contributed by atoms with Crippen molar-refractivity contribution in [3.05, 3.63) is 24.3 Å². The first-order valence-corrected chi connectivity index (χ1v) is 7.11. The van der Waals surface area contributed by atoms with E-state index in [9.17, 15) is 8.42 Å². The van der Waals surface area contributed by atoms with Crippen LogP contribution in [0.5, 0.6) is 5.75 Å². The van der Waals surface area contributed by atoms with Gasteiger partial charge in [0.15, 0.2) is 0 Å². The summed E-state index contributed by atoms with van der Waals surface area (Å²) in [6.45, 7) is 0. The summed E-state index contributed by atoms with van der Waals surface area (Å²) in [4.78, 5) is 0.143. The third-order valence-electron chi connectivity index (χ3n) is 2.88. The molecule has 0 heterocycles. The molecule has 1 atom stereocenters. The summed E-state index contributed by atoms with van der Waals surface area (Å²) in [5, 5.41) is 8.93. The molecular formula is C12H14N2O3S. The van der Waals surface area contributed by atoms with Crippen LogP contribution in [-0.4, -0.2) is 21.6 Å². The highest BCUT2D eigenvalue weighted by Crippen LogP contribution is 2.33. The largest absolute Gasteiger partial charge is 0.497 e. The van der Waals surface area contributed by atoms with E-state index < -0.39 is 16.1 Å². The highest BCUT2D eigenvalue weighted by Gasteiger charge is 2.34. The lowest BCUT2D eigenvalue weighted by Crippen LogP contribution is -2.35. The number of nitrogens with one attached hydrogen (secondary N) is 1. The summed E-state index contributed by atoms with van der Waals surface area (Å²) in [5.41, 5.74) is 0. The van der Waals surface area contributed by atoms with Crippen molar-refractivity contribution in [3.63, 3.8) is 0 Å². The van der Waals surface area contributed by atoms with E-state index in [2.05, 4.69) is 4.72 Å². The van der Waals surface area contributed by atoms with Gasteiger partial charge in [-0.3, -0.25) is 0 Å². The molecule has 1 aliphatic carbocycles. The molecule has 1 aliphatic rings. The molecule has 1 aromatic rings. The second-order valence-corrected chi connectivity index (χ2v) is 5.95. The van der Waals surface area contributed by atoms with Gasteiger partial charge in [0.1, 0.15) is 11.8 Å². The van der Waals surface area contributed by atoms with Gasteiger partial charge < -0.3 is 4.74 Å². The van der Waals surface area contributed by atoms with Crippen LogP contribution >= 0.6 is 0 Å². The van der Waals surface area contributed by atoms with E-state index in [4.69, 9.17) is 10.00 Å². The fourth-order valence-electron chi connectivity index (χ4n) is 1.65. The third-order valence-corrected chi connectivity index (χ3v) is 4.34. The van der Waals surface area contributed by atoms with E-state index in [1.165, 1.54) is 19.2 Å². The minimum atomic E-state index is -3.63. The Hall–Kier alpha value is -1.58. The van der Waals surface area contributed by atoms with E-state index in [0.29, 0.717) is 5.75 Å². The molecule has 6 heteroatoms. The van der Waals surface area contributed by atoms with Gasteiger partial charge in [0, 0.05) is 0 Å². The van der Waals surface area contributed by atoms with Crippen LogP contribution < -0.4 is 9.46 Å². The Kier molecular flexibility index (Phi) is 3.55. The van der Waals surface area contributed by atoms with E-state index in [0.717, 1.165) is 12.8 Å². The SMILES string of the molecule is COc1ccc(S(=O)(=O)NC(C#N)C2CC2)cc1. The lowest BCUT2D eigenvalue weighted by molar-refractivity contribution is 0.414. The third kappa shape index (κ3) is 2.81. The molecule has 1 fully saturated rings. The van der Waals surface area contributed by atoms with Crippen LogP contribution in [0.25, 0.3) is 0 Å². The maximum absolute atomic E-state index is 12.0. The lowest BCUT2D eigenvalue weighted by atomic mass is 10.2. The van der Waals surface area contributed by atoms with Gasteiger partial charge in [0.25, 0.3) is 0 Å². The fraction of sp³-hybridized carbons (Fsp3) is 0.417. The molecule has 1 unspecified atom stereocenters. The normalized spacial score (nSPS) is 16.9. The van der Waals surface area contributed by atoms with E-state index >= 15 is 0 Å². The molecular weight excluding hydrogens is 252 g/mol. The second-order valence-electron chi connectivity index (χ2n) is 4.24. The zero-order valence-corrected chi connectivity index (χ0v) is 10.8. The minimum absolute atomic E-state index is 0.143. The van der Waals surface area contributed by atoms with Crippen LogP contribution in [0, 0.1) is 17.2 Å². The van der Waals surface area contributed by atoms with Crippen LogP contribution in [0.15, 0.2) is 29.2 Å². The molecule has 5 nitrogen and oxygen atoms in total. The predicted octanol–water partition coefficient (Wildman–Crippen LogP) is 1.28. The molecule has 96 valence electrons. The molecule has 1 aromatic carbocycles. The number of nitriles is 1.